The summed E-state index contributed by atoms with van der Waals surface area (Å²) in [5.74, 6) is 2.32. The number of aliphatic hydroxyl groups is 1. The molecule has 1 aromatic carbocycles. The summed E-state index contributed by atoms with van der Waals surface area (Å²) in [6.45, 7) is 7.37. The minimum Gasteiger partial charge on any atom is -0.477 e. The van der Waals surface area contributed by atoms with Crippen molar-refractivity contribution in [3.63, 3.8) is 0 Å². The molecule has 0 saturated heterocycles. The molecule has 2 atom stereocenters. The van der Waals surface area contributed by atoms with E-state index in [-0.39, 0.29) is 13.2 Å². The van der Waals surface area contributed by atoms with Crippen LogP contribution in [-0.4, -0.2) is 42.0 Å². The number of imidazole rings is 1. The Morgan fingerprint density at radius 1 is 1.05 bits per heavy atom. The molecule has 0 aliphatic heterocycles. The van der Waals surface area contributed by atoms with Gasteiger partial charge in [-0.1, -0.05) is 43.5 Å². The first kappa shape index (κ1) is 28.1. The fourth-order valence-corrected chi connectivity index (χ4v) is 5.78. The monoisotopic (exact) mass is 565 g/mol. The van der Waals surface area contributed by atoms with E-state index in [9.17, 15) is 14.7 Å². The molecule has 1 aliphatic carbocycles. The molecule has 3 aromatic heterocycles. The van der Waals surface area contributed by atoms with Crippen molar-refractivity contribution in [2.75, 3.05) is 13.2 Å². The number of aryl methyl sites for hydroxylation is 2. The lowest BCUT2D eigenvalue weighted by Gasteiger charge is -2.16. The van der Waals surface area contributed by atoms with Gasteiger partial charge in [-0.25, -0.2) is 14.8 Å². The molecule has 1 aliphatic rings. The van der Waals surface area contributed by atoms with Crippen molar-refractivity contribution in [3.05, 3.63) is 73.5 Å². The highest BCUT2D eigenvalue weighted by Crippen LogP contribution is 2.32. The third-order valence-corrected chi connectivity index (χ3v) is 8.26. The molecule has 0 amide bonds. The van der Waals surface area contributed by atoms with Gasteiger partial charge in [-0.15, -0.1) is 0 Å². The minimum absolute atomic E-state index is 0.121. The van der Waals surface area contributed by atoms with Gasteiger partial charge in [0, 0.05) is 42.9 Å². The van der Waals surface area contributed by atoms with Gasteiger partial charge in [-0.05, 0) is 62.3 Å². The minimum atomic E-state index is -0.434. The number of benzene rings is 1. The van der Waals surface area contributed by atoms with Crippen molar-refractivity contribution in [2.24, 2.45) is 11.8 Å². The van der Waals surface area contributed by atoms with E-state index in [4.69, 9.17) is 26.3 Å². The van der Waals surface area contributed by atoms with Crippen LogP contribution >= 0.6 is 11.6 Å². The summed E-state index contributed by atoms with van der Waals surface area (Å²) in [7, 11) is 0. The Kier molecular flexibility index (Phi) is 8.42. The SMILES string of the molecule is CCn1c(=O)n(CCCO)c(=O)c2c1nc(-c1ccc(OC[C@H]3CCC[C@@H]3C)nc1C)n2Cc1ccc(Cl)cc1. The van der Waals surface area contributed by atoms with E-state index in [2.05, 4.69) is 6.92 Å². The van der Waals surface area contributed by atoms with E-state index >= 15 is 0 Å². The molecule has 3 heterocycles. The number of aromatic nitrogens is 5. The zero-order chi connectivity index (χ0) is 28.4. The zero-order valence-electron chi connectivity index (χ0n) is 23.3. The Morgan fingerprint density at radius 3 is 2.48 bits per heavy atom. The second-order valence-electron chi connectivity index (χ2n) is 10.6. The Hall–Kier alpha value is -3.43. The highest BCUT2D eigenvalue weighted by Gasteiger charge is 2.25. The number of rotatable bonds is 10. The van der Waals surface area contributed by atoms with Gasteiger partial charge >= 0.3 is 5.69 Å². The van der Waals surface area contributed by atoms with Crippen LogP contribution in [0.1, 0.15) is 50.8 Å². The molecule has 0 radical (unpaired) electrons. The van der Waals surface area contributed by atoms with Gasteiger partial charge in [-0.2, -0.15) is 0 Å². The largest absolute Gasteiger partial charge is 0.477 e. The van der Waals surface area contributed by atoms with Crippen LogP contribution < -0.4 is 16.0 Å². The van der Waals surface area contributed by atoms with E-state index in [1.54, 1.807) is 12.1 Å². The fraction of sp³-hybridized carbons (Fsp3) is 0.467. The van der Waals surface area contributed by atoms with Crippen molar-refractivity contribution >= 4 is 22.8 Å². The summed E-state index contributed by atoms with van der Waals surface area (Å²) < 4.78 is 10.6. The standard InChI is InChI=1S/C30H36ClN5O4/c1-4-34-28-26(29(38)35(30(34)39)15-6-16-37)36(17-21-9-11-23(31)12-10-21)27(33-28)24-13-14-25(32-20(24)3)40-18-22-8-5-7-19(22)2/h9-14,19,22,37H,4-8,15-18H2,1-3H3/t19-,22+/m0/s1. The Balaban J connectivity index is 1.63. The molecule has 9 nitrogen and oxygen atoms in total. The molecule has 0 bridgehead atoms. The second-order valence-corrected chi connectivity index (χ2v) is 11.1. The van der Waals surface area contributed by atoms with E-state index in [1.165, 1.54) is 28.4 Å². The van der Waals surface area contributed by atoms with Gasteiger partial charge in [0.2, 0.25) is 5.88 Å². The van der Waals surface area contributed by atoms with Crippen LogP contribution in [0.4, 0.5) is 0 Å². The summed E-state index contributed by atoms with van der Waals surface area (Å²) in [5.41, 5.74) is 2.20. The van der Waals surface area contributed by atoms with Crippen molar-refractivity contribution in [2.45, 2.75) is 66.1 Å². The highest BCUT2D eigenvalue weighted by atomic mass is 35.5. The first-order valence-corrected chi connectivity index (χ1v) is 14.4. The normalized spacial score (nSPS) is 17.1. The maximum absolute atomic E-state index is 13.8. The Morgan fingerprint density at radius 2 is 1.82 bits per heavy atom. The highest BCUT2D eigenvalue weighted by molar-refractivity contribution is 6.30. The van der Waals surface area contributed by atoms with Gasteiger partial charge in [0.15, 0.2) is 11.2 Å². The first-order valence-electron chi connectivity index (χ1n) is 14.0. The maximum atomic E-state index is 13.8. The smallest absolute Gasteiger partial charge is 0.332 e. The lowest BCUT2D eigenvalue weighted by molar-refractivity contribution is 0.214. The summed E-state index contributed by atoms with van der Waals surface area (Å²) in [4.78, 5) is 36.6. The quantitative estimate of drug-likeness (QED) is 0.300. The van der Waals surface area contributed by atoms with Gasteiger partial charge in [0.1, 0.15) is 5.82 Å². The van der Waals surface area contributed by atoms with Crippen LogP contribution in [0, 0.1) is 18.8 Å². The molecule has 212 valence electrons. The van der Waals surface area contributed by atoms with E-state index in [1.807, 2.05) is 42.7 Å². The van der Waals surface area contributed by atoms with Crippen molar-refractivity contribution in [1.82, 2.24) is 23.7 Å². The van der Waals surface area contributed by atoms with Gasteiger partial charge < -0.3 is 14.4 Å². The lowest BCUT2D eigenvalue weighted by Crippen LogP contribution is -2.40. The molecule has 1 fully saturated rings. The Bertz CT molecular complexity index is 1620. The van der Waals surface area contributed by atoms with Crippen molar-refractivity contribution < 1.29 is 9.84 Å². The number of halogens is 1. The maximum Gasteiger partial charge on any atom is 0.332 e. The number of pyridine rings is 1. The summed E-state index contributed by atoms with van der Waals surface area (Å²) >= 11 is 6.13. The molecule has 10 heteroatoms. The average molecular weight is 566 g/mol. The molecule has 0 spiro atoms. The van der Waals surface area contributed by atoms with E-state index in [0.717, 1.165) is 16.8 Å². The predicted octanol–water partition coefficient (Wildman–Crippen LogP) is 4.65. The van der Waals surface area contributed by atoms with E-state index in [0.29, 0.717) is 65.8 Å². The summed E-state index contributed by atoms with van der Waals surface area (Å²) in [6.07, 6.45) is 3.97. The fourth-order valence-electron chi connectivity index (χ4n) is 5.65. The number of hydrogen-bond donors (Lipinski definition) is 1. The molecule has 5 rings (SSSR count). The summed E-state index contributed by atoms with van der Waals surface area (Å²) in [5, 5.41) is 9.99. The van der Waals surface area contributed by atoms with Crippen molar-refractivity contribution in [3.8, 4) is 17.3 Å². The molecule has 1 N–H and O–H groups in total. The number of aliphatic hydroxyl groups excluding tert-OH is 1. The topological polar surface area (TPSA) is 104 Å². The van der Waals surface area contributed by atoms with Crippen LogP contribution in [0.3, 0.4) is 0 Å². The zero-order valence-corrected chi connectivity index (χ0v) is 24.0. The second kappa shape index (κ2) is 12.0. The third-order valence-electron chi connectivity index (χ3n) is 8.01. The van der Waals surface area contributed by atoms with Gasteiger partial charge in [0.05, 0.1) is 12.3 Å². The molecular weight excluding hydrogens is 530 g/mol. The number of ether oxygens (including phenoxy) is 1. The van der Waals surface area contributed by atoms with Crippen LogP contribution in [-0.2, 0) is 19.6 Å². The van der Waals surface area contributed by atoms with Gasteiger partial charge in [-0.3, -0.25) is 13.9 Å². The van der Waals surface area contributed by atoms with E-state index < -0.39 is 11.2 Å². The Labute approximate surface area is 238 Å². The molecule has 1 saturated carbocycles. The van der Waals surface area contributed by atoms with Crippen molar-refractivity contribution in [1.29, 1.82) is 0 Å². The van der Waals surface area contributed by atoms with Crippen LogP contribution in [0.25, 0.3) is 22.6 Å². The molecular formula is C30H36ClN5O4. The molecule has 0 unspecified atom stereocenters. The predicted molar refractivity (Wildman–Crippen MR) is 156 cm³/mol. The first-order chi connectivity index (χ1) is 19.3. The lowest BCUT2D eigenvalue weighted by atomic mass is 9.99. The van der Waals surface area contributed by atoms with Crippen LogP contribution in [0.15, 0.2) is 46.0 Å². The molecule has 40 heavy (non-hydrogen) atoms. The number of hydrogen-bond acceptors (Lipinski definition) is 6. The number of fused-ring (bicyclic) bond motifs is 1. The van der Waals surface area contributed by atoms with Crippen LogP contribution in [0.2, 0.25) is 5.02 Å². The third kappa shape index (κ3) is 5.45. The van der Waals surface area contributed by atoms with Crippen LogP contribution in [0.5, 0.6) is 5.88 Å². The number of nitrogens with zero attached hydrogens (tertiary/aromatic N) is 5. The van der Waals surface area contributed by atoms with Gasteiger partial charge in [0.25, 0.3) is 5.56 Å². The summed E-state index contributed by atoms with van der Waals surface area (Å²) in [6, 6.07) is 11.2. The average Bonchev–Trinajstić information content (AvgIpc) is 3.52. The molecule has 4 aromatic rings.